The number of aliphatic imine (C=N–C) groups is 1. The predicted octanol–water partition coefficient (Wildman–Crippen LogP) is 4.29. The summed E-state index contributed by atoms with van der Waals surface area (Å²) in [5.41, 5.74) is 3.11. The van der Waals surface area contributed by atoms with Crippen LogP contribution in [0.1, 0.15) is 74.8 Å². The summed E-state index contributed by atoms with van der Waals surface area (Å²) in [6.45, 7) is 11.1. The second-order valence-electron chi connectivity index (χ2n) is 10.9. The van der Waals surface area contributed by atoms with Gasteiger partial charge >= 0.3 is 0 Å². The van der Waals surface area contributed by atoms with Gasteiger partial charge in [0, 0.05) is 35.6 Å². The van der Waals surface area contributed by atoms with Crippen LogP contribution in [0, 0.1) is 0 Å². The van der Waals surface area contributed by atoms with E-state index < -0.39 is 0 Å². The second kappa shape index (κ2) is 13.7. The third-order valence-corrected chi connectivity index (χ3v) is 7.80. The van der Waals surface area contributed by atoms with Gasteiger partial charge in [-0.1, -0.05) is 6.92 Å². The molecule has 2 saturated heterocycles. The molecule has 2 aliphatic heterocycles. The highest BCUT2D eigenvalue weighted by Gasteiger charge is 2.23. The van der Waals surface area contributed by atoms with Crippen LogP contribution in [0.4, 0.5) is 5.69 Å². The smallest absolute Gasteiger partial charge is 0.251 e. The van der Waals surface area contributed by atoms with Crippen molar-refractivity contribution in [3.8, 4) is 5.88 Å². The summed E-state index contributed by atoms with van der Waals surface area (Å²) in [5, 5.41) is 18.5. The number of aromatic amines is 1. The van der Waals surface area contributed by atoms with E-state index >= 15 is 0 Å². The molecule has 0 bridgehead atoms. The largest absolute Gasteiger partial charge is 0.494 e. The van der Waals surface area contributed by atoms with Crippen molar-refractivity contribution >= 4 is 34.5 Å². The van der Waals surface area contributed by atoms with E-state index in [1.54, 1.807) is 24.4 Å². The minimum atomic E-state index is -0.347. The maximum absolute atomic E-state index is 12.3. The SMILES string of the molecule is CCC(=Nc1cnn(C2CCN(C(C)C)CC2)c1)c1c(O)[nH]c2ccc(C(=O)NCC=O)cc12.CN1CCCC1. The number of nitrogens with one attached hydrogen (secondary N) is 2. The van der Waals surface area contributed by atoms with Gasteiger partial charge in [-0.15, -0.1) is 0 Å². The average molecular weight is 550 g/mol. The number of aromatic nitrogens is 3. The van der Waals surface area contributed by atoms with Gasteiger partial charge in [0.25, 0.3) is 5.91 Å². The summed E-state index contributed by atoms with van der Waals surface area (Å²) in [7, 11) is 2.17. The average Bonchev–Trinajstić information content (AvgIpc) is 3.70. The lowest BCUT2D eigenvalue weighted by Gasteiger charge is -2.34. The van der Waals surface area contributed by atoms with E-state index in [1.807, 2.05) is 17.8 Å². The first-order chi connectivity index (χ1) is 19.3. The van der Waals surface area contributed by atoms with Gasteiger partial charge in [0.1, 0.15) is 12.0 Å². The van der Waals surface area contributed by atoms with Crippen molar-refractivity contribution < 1.29 is 14.7 Å². The molecule has 5 rings (SSSR count). The number of fused-ring (bicyclic) bond motifs is 1. The fourth-order valence-electron chi connectivity index (χ4n) is 5.44. The molecule has 10 heteroatoms. The van der Waals surface area contributed by atoms with E-state index in [4.69, 9.17) is 4.99 Å². The number of likely N-dealkylation sites (tertiary alicyclic amines) is 2. The van der Waals surface area contributed by atoms with Crippen LogP contribution in [0.2, 0.25) is 0 Å². The molecule has 0 spiro atoms. The van der Waals surface area contributed by atoms with Crippen LogP contribution in [0.5, 0.6) is 5.88 Å². The molecular weight excluding hydrogens is 506 g/mol. The minimum absolute atomic E-state index is 0.00880. The molecule has 0 radical (unpaired) electrons. The first-order valence-corrected chi connectivity index (χ1v) is 14.4. The van der Waals surface area contributed by atoms with Crippen LogP contribution < -0.4 is 5.32 Å². The minimum Gasteiger partial charge on any atom is -0.494 e. The van der Waals surface area contributed by atoms with Crippen molar-refractivity contribution in [3.05, 3.63) is 41.7 Å². The van der Waals surface area contributed by atoms with Crippen LogP contribution in [0.15, 0.2) is 35.6 Å². The maximum Gasteiger partial charge on any atom is 0.251 e. The Kier molecular flexibility index (Phi) is 10.1. The lowest BCUT2D eigenvalue weighted by Crippen LogP contribution is -2.39. The second-order valence-corrected chi connectivity index (χ2v) is 10.9. The standard InChI is InChI=1S/C25H32N6O3.C5H11N/c1-4-21(28-18-14-27-31(15-18)19-7-10-30(11-8-19)16(2)3)23-20-13-17(24(33)26-9-12-32)5-6-22(20)29-25(23)34;1-6-4-2-3-5-6/h5-6,12-16,19,29,34H,4,7-11H2,1-3H3,(H,26,33);2-5H2,1H3. The van der Waals surface area contributed by atoms with Crippen molar-refractivity contribution in [1.82, 2.24) is 29.9 Å². The highest BCUT2D eigenvalue weighted by atomic mass is 16.3. The van der Waals surface area contributed by atoms with E-state index in [0.717, 1.165) is 31.6 Å². The number of hydrogen-bond acceptors (Lipinski definition) is 7. The van der Waals surface area contributed by atoms with Crippen LogP contribution in [0.25, 0.3) is 10.9 Å². The molecule has 3 N–H and O–H groups in total. The number of rotatable bonds is 8. The molecule has 1 amide bonds. The Morgan fingerprint density at radius 2 is 1.95 bits per heavy atom. The normalized spacial score (nSPS) is 17.3. The van der Waals surface area contributed by atoms with Crippen LogP contribution in [-0.4, -0.2) is 93.4 Å². The molecule has 0 saturated carbocycles. The van der Waals surface area contributed by atoms with Crippen molar-refractivity contribution in [1.29, 1.82) is 0 Å². The Hall–Kier alpha value is -3.50. The number of carbonyl (C=O) groups excluding carboxylic acids is 2. The predicted molar refractivity (Wildman–Crippen MR) is 159 cm³/mol. The Bertz CT molecular complexity index is 1310. The molecule has 0 unspecified atom stereocenters. The van der Waals surface area contributed by atoms with Crippen molar-refractivity contribution in [3.63, 3.8) is 0 Å². The summed E-state index contributed by atoms with van der Waals surface area (Å²) >= 11 is 0. The van der Waals surface area contributed by atoms with E-state index in [1.165, 1.54) is 25.9 Å². The summed E-state index contributed by atoms with van der Waals surface area (Å²) in [6, 6.07) is 6.02. The van der Waals surface area contributed by atoms with Crippen molar-refractivity contribution in [2.45, 2.75) is 65.0 Å². The Morgan fingerprint density at radius 3 is 2.55 bits per heavy atom. The molecular formula is C30H43N7O3. The monoisotopic (exact) mass is 549 g/mol. The molecule has 2 aromatic heterocycles. The van der Waals surface area contributed by atoms with Gasteiger partial charge in [0.2, 0.25) is 0 Å². The summed E-state index contributed by atoms with van der Waals surface area (Å²) in [4.78, 5) is 35.5. The van der Waals surface area contributed by atoms with Gasteiger partial charge in [-0.2, -0.15) is 5.10 Å². The van der Waals surface area contributed by atoms with Crippen molar-refractivity contribution in [2.24, 2.45) is 4.99 Å². The molecule has 3 aromatic rings. The van der Waals surface area contributed by atoms with Gasteiger partial charge in [-0.25, -0.2) is 4.99 Å². The first-order valence-electron chi connectivity index (χ1n) is 14.4. The Morgan fingerprint density at radius 1 is 1.23 bits per heavy atom. The molecule has 40 heavy (non-hydrogen) atoms. The number of nitrogens with zero attached hydrogens (tertiary/aromatic N) is 5. The quantitative estimate of drug-likeness (QED) is 0.285. The number of piperidine rings is 1. The van der Waals surface area contributed by atoms with Gasteiger partial charge in [-0.3, -0.25) is 9.48 Å². The zero-order chi connectivity index (χ0) is 28.6. The molecule has 2 fully saturated rings. The number of aldehydes is 1. The number of amides is 1. The lowest BCUT2D eigenvalue weighted by atomic mass is 10.0. The van der Waals surface area contributed by atoms with E-state index in [0.29, 0.717) is 52.5 Å². The molecule has 1 aromatic carbocycles. The summed E-state index contributed by atoms with van der Waals surface area (Å²) < 4.78 is 2.01. The molecule has 0 atom stereocenters. The summed E-state index contributed by atoms with van der Waals surface area (Å²) in [5.74, 6) is -0.338. The Labute approximate surface area is 236 Å². The third kappa shape index (κ3) is 7.17. The number of carbonyl (C=O) groups is 2. The van der Waals surface area contributed by atoms with Crippen molar-refractivity contribution in [2.75, 3.05) is 39.8 Å². The van der Waals surface area contributed by atoms with Gasteiger partial charge in [0.05, 0.1) is 36.3 Å². The van der Waals surface area contributed by atoms with Gasteiger partial charge in [-0.05, 0) is 84.3 Å². The van der Waals surface area contributed by atoms with Gasteiger partial charge in [0.15, 0.2) is 5.88 Å². The van der Waals surface area contributed by atoms with Crippen LogP contribution >= 0.6 is 0 Å². The molecule has 4 heterocycles. The number of aromatic hydroxyl groups is 1. The van der Waals surface area contributed by atoms with E-state index in [2.05, 4.69) is 46.1 Å². The molecule has 2 aliphatic rings. The maximum atomic E-state index is 12.3. The van der Waals surface area contributed by atoms with Crippen LogP contribution in [-0.2, 0) is 4.79 Å². The lowest BCUT2D eigenvalue weighted by molar-refractivity contribution is -0.107. The first kappa shape index (κ1) is 29.5. The highest BCUT2D eigenvalue weighted by molar-refractivity contribution is 6.14. The fourth-order valence-corrected chi connectivity index (χ4v) is 5.44. The van der Waals surface area contributed by atoms with Gasteiger partial charge < -0.3 is 30.0 Å². The summed E-state index contributed by atoms with van der Waals surface area (Å²) in [6.07, 6.45) is 9.89. The Balaban J connectivity index is 0.000000546. The fraction of sp³-hybridized carbons (Fsp3) is 0.533. The zero-order valence-electron chi connectivity index (χ0n) is 24.2. The number of hydrogen-bond donors (Lipinski definition) is 3. The molecule has 10 nitrogen and oxygen atoms in total. The number of H-pyrrole nitrogens is 1. The van der Waals surface area contributed by atoms with E-state index in [-0.39, 0.29) is 18.3 Å². The topological polar surface area (TPSA) is 119 Å². The third-order valence-electron chi connectivity index (χ3n) is 7.80. The highest BCUT2D eigenvalue weighted by Crippen LogP contribution is 2.31. The number of benzene rings is 1. The molecule has 0 aliphatic carbocycles. The molecule has 216 valence electrons. The van der Waals surface area contributed by atoms with Crippen LogP contribution in [0.3, 0.4) is 0 Å². The zero-order valence-corrected chi connectivity index (χ0v) is 24.2. The van der Waals surface area contributed by atoms with E-state index in [9.17, 15) is 14.7 Å².